The van der Waals surface area contributed by atoms with Gasteiger partial charge in [0, 0.05) is 13.1 Å². The number of piperidine rings is 1. The molecule has 1 spiro atoms. The van der Waals surface area contributed by atoms with Crippen LogP contribution in [-0.4, -0.2) is 34.9 Å². The van der Waals surface area contributed by atoms with Crippen molar-refractivity contribution in [2.24, 2.45) is 0 Å². The Labute approximate surface area is 81.4 Å². The highest BCUT2D eigenvalue weighted by atomic mass is 32.1. The van der Waals surface area contributed by atoms with Crippen molar-refractivity contribution in [3.8, 4) is 0 Å². The zero-order valence-corrected chi connectivity index (χ0v) is 7.93. The second-order valence-corrected chi connectivity index (χ2v) is 4.01. The summed E-state index contributed by atoms with van der Waals surface area (Å²) in [7, 11) is 0. The molecule has 0 aromatic heterocycles. The van der Waals surface area contributed by atoms with E-state index in [1.165, 1.54) is 0 Å². The van der Waals surface area contributed by atoms with Crippen LogP contribution >= 0.6 is 12.8 Å². The van der Waals surface area contributed by atoms with Gasteiger partial charge in [-0.05, 0) is 12.8 Å². The van der Waals surface area contributed by atoms with Crippen LogP contribution in [0.1, 0.15) is 12.8 Å². The molecule has 6 heteroatoms. The molecule has 0 aliphatic carbocycles. The Morgan fingerprint density at radius 3 is 2.38 bits per heavy atom. The lowest BCUT2D eigenvalue weighted by molar-refractivity contribution is -0.125. The summed E-state index contributed by atoms with van der Waals surface area (Å²) in [6, 6.07) is -0.377. The van der Waals surface area contributed by atoms with Crippen LogP contribution in [0.25, 0.3) is 0 Å². The summed E-state index contributed by atoms with van der Waals surface area (Å²) in [6.07, 6.45) is 1.27. The summed E-state index contributed by atoms with van der Waals surface area (Å²) in [5.41, 5.74) is -0.656. The van der Waals surface area contributed by atoms with Crippen molar-refractivity contribution in [2.75, 3.05) is 13.1 Å². The van der Waals surface area contributed by atoms with Crippen LogP contribution in [0.4, 0.5) is 4.79 Å². The number of thiol groups is 1. The first-order chi connectivity index (χ1) is 6.12. The van der Waals surface area contributed by atoms with Crippen LogP contribution in [0.2, 0.25) is 0 Å². The Kier molecular flexibility index (Phi) is 1.96. The molecule has 2 heterocycles. The standard InChI is InChI=1S/C7H11N3O2S/c11-5-7(9-6(12)8-5)1-3-10(13)4-2-7/h13H,1-4H2,(H2,8,9,11,12). The summed E-state index contributed by atoms with van der Waals surface area (Å²) < 4.78 is 1.85. The van der Waals surface area contributed by atoms with Crippen LogP contribution in [0.15, 0.2) is 0 Å². The zero-order valence-electron chi connectivity index (χ0n) is 7.04. The van der Waals surface area contributed by atoms with Crippen LogP contribution in [-0.2, 0) is 4.79 Å². The van der Waals surface area contributed by atoms with Gasteiger partial charge in [-0.1, -0.05) is 12.8 Å². The number of carbonyl (C=O) groups is 2. The van der Waals surface area contributed by atoms with E-state index in [2.05, 4.69) is 23.4 Å². The number of nitrogens with one attached hydrogen (secondary N) is 2. The van der Waals surface area contributed by atoms with Crippen LogP contribution in [0.5, 0.6) is 0 Å². The first-order valence-corrected chi connectivity index (χ1v) is 4.60. The van der Waals surface area contributed by atoms with Crippen molar-refractivity contribution in [1.82, 2.24) is 14.9 Å². The van der Waals surface area contributed by atoms with Crippen LogP contribution in [0.3, 0.4) is 0 Å². The third kappa shape index (κ3) is 1.40. The minimum Gasteiger partial charge on any atom is -0.323 e. The normalized spacial score (nSPS) is 27.5. The maximum atomic E-state index is 11.4. The number of hydrogen-bond acceptors (Lipinski definition) is 4. The van der Waals surface area contributed by atoms with E-state index in [-0.39, 0.29) is 11.9 Å². The van der Waals surface area contributed by atoms with Gasteiger partial charge < -0.3 is 5.32 Å². The molecule has 13 heavy (non-hydrogen) atoms. The molecule has 0 radical (unpaired) electrons. The quantitative estimate of drug-likeness (QED) is 0.366. The Morgan fingerprint density at radius 2 is 1.92 bits per heavy atom. The molecule has 0 aromatic carbocycles. The average molecular weight is 201 g/mol. The summed E-state index contributed by atoms with van der Waals surface area (Å²) in [5, 5.41) is 4.94. The molecule has 0 atom stereocenters. The van der Waals surface area contributed by atoms with Gasteiger partial charge in [-0.15, -0.1) is 0 Å². The summed E-state index contributed by atoms with van der Waals surface area (Å²) in [5.74, 6) is -0.195. The average Bonchev–Trinajstić information content (AvgIpc) is 2.34. The van der Waals surface area contributed by atoms with Gasteiger partial charge in [-0.3, -0.25) is 14.4 Å². The second-order valence-electron chi connectivity index (χ2n) is 3.44. The minimum atomic E-state index is -0.656. The van der Waals surface area contributed by atoms with Gasteiger partial charge in [0.15, 0.2) is 0 Å². The number of amides is 3. The lowest BCUT2D eigenvalue weighted by Crippen LogP contribution is -2.53. The molecule has 72 valence electrons. The van der Waals surface area contributed by atoms with Crippen LogP contribution in [0, 0.1) is 0 Å². The fourth-order valence-corrected chi connectivity index (χ4v) is 1.96. The fraction of sp³-hybridized carbons (Fsp3) is 0.714. The number of hydrogen-bond donors (Lipinski definition) is 3. The summed E-state index contributed by atoms with van der Waals surface area (Å²) in [4.78, 5) is 22.4. The van der Waals surface area contributed by atoms with E-state index < -0.39 is 5.54 Å². The molecule has 3 amide bonds. The molecule has 2 saturated heterocycles. The lowest BCUT2D eigenvalue weighted by Gasteiger charge is -2.34. The van der Waals surface area contributed by atoms with Crippen molar-refractivity contribution in [3.63, 3.8) is 0 Å². The van der Waals surface area contributed by atoms with E-state index in [9.17, 15) is 9.59 Å². The van der Waals surface area contributed by atoms with Gasteiger partial charge in [0.25, 0.3) is 5.91 Å². The highest BCUT2D eigenvalue weighted by Gasteiger charge is 2.47. The Hall–Kier alpha value is -0.750. The maximum absolute atomic E-state index is 11.4. The molecule has 2 aliphatic rings. The molecule has 2 N–H and O–H groups in total. The van der Waals surface area contributed by atoms with Crippen molar-refractivity contribution in [1.29, 1.82) is 0 Å². The number of rotatable bonds is 0. The highest BCUT2D eigenvalue weighted by Crippen LogP contribution is 2.25. The van der Waals surface area contributed by atoms with E-state index in [4.69, 9.17) is 0 Å². The largest absolute Gasteiger partial charge is 0.323 e. The highest BCUT2D eigenvalue weighted by molar-refractivity contribution is 7.77. The molecule has 0 aromatic rings. The zero-order chi connectivity index (χ0) is 9.47. The van der Waals surface area contributed by atoms with E-state index in [0.29, 0.717) is 12.8 Å². The fourth-order valence-electron chi connectivity index (χ4n) is 1.76. The van der Waals surface area contributed by atoms with E-state index >= 15 is 0 Å². The Morgan fingerprint density at radius 1 is 1.31 bits per heavy atom. The third-order valence-electron chi connectivity index (χ3n) is 2.61. The molecule has 2 aliphatic heterocycles. The van der Waals surface area contributed by atoms with E-state index in [0.717, 1.165) is 13.1 Å². The van der Waals surface area contributed by atoms with E-state index in [1.807, 2.05) is 4.31 Å². The molecular weight excluding hydrogens is 190 g/mol. The Balaban J connectivity index is 2.13. The molecule has 0 unspecified atom stereocenters. The molecule has 0 bridgehead atoms. The lowest BCUT2D eigenvalue weighted by atomic mass is 9.89. The predicted molar refractivity (Wildman–Crippen MR) is 49.2 cm³/mol. The van der Waals surface area contributed by atoms with Crippen molar-refractivity contribution in [2.45, 2.75) is 18.4 Å². The molecule has 0 saturated carbocycles. The number of carbonyl (C=O) groups excluding carboxylic acids is 2. The topological polar surface area (TPSA) is 61.4 Å². The number of urea groups is 1. The maximum Gasteiger partial charge on any atom is 0.322 e. The number of imide groups is 1. The molecular formula is C7H11N3O2S. The predicted octanol–water partition coefficient (Wildman–Crippen LogP) is -0.495. The minimum absolute atomic E-state index is 0.195. The van der Waals surface area contributed by atoms with Crippen molar-refractivity contribution >= 4 is 24.8 Å². The first-order valence-electron chi connectivity index (χ1n) is 4.20. The summed E-state index contributed by atoms with van der Waals surface area (Å²) >= 11 is 4.18. The summed E-state index contributed by atoms with van der Waals surface area (Å²) in [6.45, 7) is 1.44. The molecule has 2 rings (SSSR count). The number of nitrogens with zero attached hydrogens (tertiary/aromatic N) is 1. The van der Waals surface area contributed by atoms with Gasteiger partial charge >= 0.3 is 6.03 Å². The van der Waals surface area contributed by atoms with Crippen molar-refractivity contribution in [3.05, 3.63) is 0 Å². The van der Waals surface area contributed by atoms with Gasteiger partial charge in [0.05, 0.1) is 0 Å². The van der Waals surface area contributed by atoms with Gasteiger partial charge in [0.2, 0.25) is 0 Å². The molecule has 5 nitrogen and oxygen atoms in total. The van der Waals surface area contributed by atoms with Crippen LogP contribution < -0.4 is 10.6 Å². The SMILES string of the molecule is O=C1NC(=O)C2(CCN(S)CC2)N1. The van der Waals surface area contributed by atoms with Crippen molar-refractivity contribution < 1.29 is 9.59 Å². The third-order valence-corrected chi connectivity index (χ3v) is 3.01. The van der Waals surface area contributed by atoms with Gasteiger partial charge in [0.1, 0.15) is 5.54 Å². The molecule has 2 fully saturated rings. The smallest absolute Gasteiger partial charge is 0.322 e. The monoisotopic (exact) mass is 201 g/mol. The Bertz CT molecular complexity index is 260. The first kappa shape index (κ1) is 8.83. The second kappa shape index (κ2) is 2.88. The van der Waals surface area contributed by atoms with Gasteiger partial charge in [-0.2, -0.15) is 0 Å². The van der Waals surface area contributed by atoms with Gasteiger partial charge in [-0.25, -0.2) is 4.79 Å². The van der Waals surface area contributed by atoms with E-state index in [1.54, 1.807) is 0 Å².